The highest BCUT2D eigenvalue weighted by Gasteiger charge is 2.35. The molecule has 11 rings (SSSR count). The van der Waals surface area contributed by atoms with Crippen LogP contribution in [0.25, 0.3) is 49.8 Å². The number of para-hydroxylation sites is 4. The molecule has 5 heterocycles. The van der Waals surface area contributed by atoms with Crippen molar-refractivity contribution in [1.82, 2.24) is 14.5 Å². The summed E-state index contributed by atoms with van der Waals surface area (Å²) < 4.78 is 2.37. The van der Waals surface area contributed by atoms with Crippen molar-refractivity contribution in [2.75, 3.05) is 4.90 Å². The van der Waals surface area contributed by atoms with E-state index in [-0.39, 0.29) is 6.71 Å². The molecule has 9 aromatic rings. The maximum atomic E-state index is 5.29. The molecule has 0 unspecified atom stereocenters. The van der Waals surface area contributed by atoms with Gasteiger partial charge in [0.15, 0.2) is 0 Å². The Morgan fingerprint density at radius 2 is 1.28 bits per heavy atom. The molecule has 2 aliphatic heterocycles. The maximum absolute atomic E-state index is 5.29. The van der Waals surface area contributed by atoms with Crippen LogP contribution in [-0.2, 0) is 0 Å². The summed E-state index contributed by atoms with van der Waals surface area (Å²) in [6.07, 6.45) is 2.05. The van der Waals surface area contributed by atoms with Gasteiger partial charge >= 0.3 is 0 Å². The average molecular weight is 655 g/mol. The van der Waals surface area contributed by atoms with Crippen LogP contribution >= 0.6 is 11.8 Å². The molecule has 0 aliphatic carbocycles. The molecule has 2 aliphatic rings. The Bertz CT molecular complexity index is 2780. The second-order valence-electron chi connectivity index (χ2n) is 13.0. The summed E-state index contributed by atoms with van der Waals surface area (Å²) in [6, 6.07) is 56.7. The van der Waals surface area contributed by atoms with Crippen LogP contribution in [0.5, 0.6) is 0 Å². The highest BCUT2D eigenvalue weighted by atomic mass is 32.2. The molecule has 0 spiro atoms. The molecule has 50 heavy (non-hydrogen) atoms. The van der Waals surface area contributed by atoms with Crippen LogP contribution in [-0.4, -0.2) is 21.2 Å². The summed E-state index contributed by atoms with van der Waals surface area (Å²) in [5.41, 5.74) is 14.8. The van der Waals surface area contributed by atoms with Gasteiger partial charge in [0.05, 0.1) is 51.0 Å². The normalized spacial score (nSPS) is 13.0. The first-order valence-corrected chi connectivity index (χ1v) is 17.8. The lowest BCUT2D eigenvalue weighted by Crippen LogP contribution is -2.48. The molecule has 6 aromatic carbocycles. The third-order valence-electron chi connectivity index (χ3n) is 10.2. The van der Waals surface area contributed by atoms with Crippen molar-refractivity contribution in [3.8, 4) is 16.9 Å². The van der Waals surface area contributed by atoms with E-state index in [0.717, 1.165) is 44.5 Å². The maximum Gasteiger partial charge on any atom is 0.244 e. The molecule has 232 valence electrons. The summed E-state index contributed by atoms with van der Waals surface area (Å²) in [4.78, 5) is 15.3. The molecule has 0 N–H and O–H groups in total. The first-order valence-electron chi connectivity index (χ1n) is 16.9. The number of pyridine rings is 2. The topological polar surface area (TPSA) is 34.0 Å². The number of nitrogens with zero attached hydrogens (tertiary/aromatic N) is 4. The molecule has 0 saturated carbocycles. The quantitative estimate of drug-likeness (QED) is 0.178. The van der Waals surface area contributed by atoms with Crippen LogP contribution in [0, 0.1) is 0 Å². The Morgan fingerprint density at radius 1 is 0.560 bits per heavy atom. The fraction of sp³-hybridized carbons (Fsp3) is 0. The SMILES string of the molecule is c1ccc(-n2c3ccc(B4c5ccccc5-c5nc6ccccc6cc54)cc3c3ncc(N4c5ccccc5Sc5ccccc54)cc32)cc1. The zero-order chi connectivity index (χ0) is 32.8. The van der Waals surface area contributed by atoms with Crippen molar-refractivity contribution in [2.24, 2.45) is 0 Å². The van der Waals surface area contributed by atoms with Crippen molar-refractivity contribution < 1.29 is 0 Å². The zero-order valence-corrected chi connectivity index (χ0v) is 27.7. The Morgan fingerprint density at radius 3 is 2.12 bits per heavy atom. The van der Waals surface area contributed by atoms with E-state index in [1.165, 1.54) is 48.5 Å². The largest absolute Gasteiger partial charge is 0.308 e. The van der Waals surface area contributed by atoms with E-state index in [0.29, 0.717) is 0 Å². The van der Waals surface area contributed by atoms with Crippen LogP contribution in [0.15, 0.2) is 174 Å². The van der Waals surface area contributed by atoms with Gasteiger partial charge in [0.2, 0.25) is 6.71 Å². The molecule has 0 saturated heterocycles. The van der Waals surface area contributed by atoms with Gasteiger partial charge in [0, 0.05) is 20.9 Å². The van der Waals surface area contributed by atoms with Gasteiger partial charge in [-0.05, 0) is 71.0 Å². The standard InChI is InChI=1S/C44H27BN4S/c1-2-13-30(14-3-1)48-37-23-22-29(45-34-16-6-5-15-32(34)43-35(45)24-28-12-4-7-17-36(28)47-43)25-33(37)44-40(48)26-31(27-46-44)49-38-18-8-10-20-41(38)50-42-21-11-9-19-39(42)49/h1-27H. The molecule has 0 amide bonds. The first kappa shape index (κ1) is 27.8. The van der Waals surface area contributed by atoms with Crippen LogP contribution in [0.1, 0.15) is 0 Å². The highest BCUT2D eigenvalue weighted by Crippen LogP contribution is 2.51. The Hall–Kier alpha value is -6.11. The molecule has 0 fully saturated rings. The summed E-state index contributed by atoms with van der Waals surface area (Å²) in [7, 11) is 0. The third kappa shape index (κ3) is 4.03. The Labute approximate surface area is 293 Å². The zero-order valence-electron chi connectivity index (χ0n) is 26.9. The molecule has 4 nitrogen and oxygen atoms in total. The van der Waals surface area contributed by atoms with Crippen molar-refractivity contribution in [2.45, 2.75) is 9.79 Å². The van der Waals surface area contributed by atoms with Crippen molar-refractivity contribution in [3.63, 3.8) is 0 Å². The van der Waals surface area contributed by atoms with Crippen molar-refractivity contribution >= 4 is 84.8 Å². The molecule has 0 atom stereocenters. The van der Waals surface area contributed by atoms with Gasteiger partial charge in [0.25, 0.3) is 0 Å². The van der Waals surface area contributed by atoms with Crippen LogP contribution < -0.4 is 21.3 Å². The number of aromatic nitrogens is 3. The molecule has 0 bridgehead atoms. The van der Waals surface area contributed by atoms with Crippen LogP contribution in [0.4, 0.5) is 17.1 Å². The van der Waals surface area contributed by atoms with Crippen molar-refractivity contribution in [3.05, 3.63) is 164 Å². The number of fused-ring (bicyclic) bond motifs is 9. The van der Waals surface area contributed by atoms with E-state index in [1.54, 1.807) is 0 Å². The lowest BCUT2D eigenvalue weighted by Gasteiger charge is -2.32. The number of benzene rings is 6. The van der Waals surface area contributed by atoms with Crippen molar-refractivity contribution in [1.29, 1.82) is 0 Å². The second kappa shape index (κ2) is 10.7. The summed E-state index contributed by atoms with van der Waals surface area (Å²) >= 11 is 1.82. The van der Waals surface area contributed by atoms with E-state index in [9.17, 15) is 0 Å². The van der Waals surface area contributed by atoms with E-state index in [2.05, 4.69) is 167 Å². The van der Waals surface area contributed by atoms with Gasteiger partial charge < -0.3 is 9.47 Å². The molecular weight excluding hydrogens is 627 g/mol. The second-order valence-corrected chi connectivity index (χ2v) is 14.1. The van der Waals surface area contributed by atoms with Gasteiger partial charge in [-0.2, -0.15) is 0 Å². The minimum absolute atomic E-state index is 0.0796. The molecule has 0 radical (unpaired) electrons. The summed E-state index contributed by atoms with van der Waals surface area (Å²) in [5, 5.41) is 2.31. The predicted molar refractivity (Wildman–Crippen MR) is 209 cm³/mol. The number of anilines is 3. The number of hydrogen-bond donors (Lipinski definition) is 0. The predicted octanol–water partition coefficient (Wildman–Crippen LogP) is 9.16. The van der Waals surface area contributed by atoms with Gasteiger partial charge in [-0.25, -0.2) is 4.98 Å². The molecule has 3 aromatic heterocycles. The smallest absolute Gasteiger partial charge is 0.244 e. The van der Waals surface area contributed by atoms with E-state index < -0.39 is 0 Å². The fourth-order valence-electron chi connectivity index (χ4n) is 8.09. The molecular formula is C44H27BN4S. The molecule has 6 heteroatoms. The monoisotopic (exact) mass is 654 g/mol. The van der Waals surface area contributed by atoms with Gasteiger partial charge in [-0.1, -0.05) is 126 Å². The Balaban J connectivity index is 1.15. The lowest BCUT2D eigenvalue weighted by atomic mass is 9.39. The van der Waals surface area contributed by atoms with Gasteiger partial charge in [0.1, 0.15) is 0 Å². The first-order chi connectivity index (χ1) is 24.8. The van der Waals surface area contributed by atoms with E-state index >= 15 is 0 Å². The van der Waals surface area contributed by atoms with Gasteiger partial charge in [-0.3, -0.25) is 4.98 Å². The van der Waals surface area contributed by atoms with Gasteiger partial charge in [-0.15, -0.1) is 0 Å². The van der Waals surface area contributed by atoms with Crippen LogP contribution in [0.3, 0.4) is 0 Å². The number of rotatable bonds is 3. The highest BCUT2D eigenvalue weighted by molar-refractivity contribution is 7.99. The Kier molecular flexibility index (Phi) is 5.95. The van der Waals surface area contributed by atoms with E-state index in [1.807, 2.05) is 18.0 Å². The minimum atomic E-state index is 0.0796. The van der Waals surface area contributed by atoms with E-state index in [4.69, 9.17) is 9.97 Å². The summed E-state index contributed by atoms with van der Waals surface area (Å²) in [6.45, 7) is 0.0796. The minimum Gasteiger partial charge on any atom is -0.308 e. The average Bonchev–Trinajstić information content (AvgIpc) is 3.67. The third-order valence-corrected chi connectivity index (χ3v) is 11.4. The summed E-state index contributed by atoms with van der Waals surface area (Å²) in [5.74, 6) is 0. The number of hydrogen-bond acceptors (Lipinski definition) is 4. The van der Waals surface area contributed by atoms with Crippen LogP contribution in [0.2, 0.25) is 0 Å². The fourth-order valence-corrected chi connectivity index (χ4v) is 9.15. The lowest BCUT2D eigenvalue weighted by molar-refractivity contribution is 1.14.